The fourth-order valence-corrected chi connectivity index (χ4v) is 1.79. The standard InChI is InChI=1S/C15H8F3N3O/c1-20-15-11(16)10(7-19)14(12(17)13(15)18)21-8-3-5-9(22-2)6-4-8/h3-6,21H,2H3. The molecule has 2 rings (SSSR count). The van der Waals surface area contributed by atoms with Gasteiger partial charge in [0.1, 0.15) is 17.4 Å². The molecule has 22 heavy (non-hydrogen) atoms. The summed E-state index contributed by atoms with van der Waals surface area (Å²) >= 11 is 0. The number of methoxy groups -OCH3 is 1. The summed E-state index contributed by atoms with van der Waals surface area (Å²) in [6.45, 7) is 6.66. The predicted octanol–water partition coefficient (Wildman–Crippen LogP) is 4.28. The first-order valence-corrected chi connectivity index (χ1v) is 5.92. The molecule has 0 heterocycles. The SMILES string of the molecule is [C-]#[N+]c1c(F)c(F)c(Nc2ccc(OC)cc2)c(C#N)c1F. The van der Waals surface area contributed by atoms with E-state index in [9.17, 15) is 13.2 Å². The van der Waals surface area contributed by atoms with E-state index in [4.69, 9.17) is 16.6 Å². The molecule has 2 aromatic carbocycles. The van der Waals surface area contributed by atoms with Crippen molar-refractivity contribution in [3.63, 3.8) is 0 Å². The van der Waals surface area contributed by atoms with Crippen LogP contribution in [0.5, 0.6) is 5.75 Å². The molecule has 0 aliphatic rings. The number of hydrogen-bond acceptors (Lipinski definition) is 3. The van der Waals surface area contributed by atoms with Crippen molar-refractivity contribution in [1.29, 1.82) is 5.26 Å². The van der Waals surface area contributed by atoms with Crippen LogP contribution in [-0.4, -0.2) is 7.11 Å². The number of rotatable bonds is 3. The molecule has 2 aromatic rings. The molecule has 0 aliphatic heterocycles. The first-order chi connectivity index (χ1) is 10.5. The van der Waals surface area contributed by atoms with Crippen molar-refractivity contribution in [1.82, 2.24) is 0 Å². The summed E-state index contributed by atoms with van der Waals surface area (Å²) < 4.78 is 46.5. The number of benzene rings is 2. The van der Waals surface area contributed by atoms with Gasteiger partial charge in [0.25, 0.3) is 5.69 Å². The Bertz CT molecular complexity index is 805. The Labute approximate surface area is 124 Å². The molecule has 0 spiro atoms. The monoisotopic (exact) mass is 303 g/mol. The van der Waals surface area contributed by atoms with Gasteiger partial charge in [-0.1, -0.05) is 0 Å². The molecule has 0 aliphatic carbocycles. The van der Waals surface area contributed by atoms with Gasteiger partial charge in [-0.2, -0.15) is 5.26 Å². The lowest BCUT2D eigenvalue weighted by Crippen LogP contribution is -2.03. The van der Waals surface area contributed by atoms with E-state index in [1.54, 1.807) is 12.1 Å². The Morgan fingerprint density at radius 3 is 2.27 bits per heavy atom. The van der Waals surface area contributed by atoms with E-state index in [0.717, 1.165) is 0 Å². The number of nitriles is 1. The first-order valence-electron chi connectivity index (χ1n) is 5.92. The van der Waals surface area contributed by atoms with Crippen LogP contribution in [0.1, 0.15) is 5.56 Å². The van der Waals surface area contributed by atoms with Crippen LogP contribution in [0, 0.1) is 35.4 Å². The number of hydrogen-bond donors (Lipinski definition) is 1. The van der Waals surface area contributed by atoms with Crippen molar-refractivity contribution >= 4 is 17.1 Å². The van der Waals surface area contributed by atoms with Gasteiger partial charge in [-0.05, 0) is 24.3 Å². The Kier molecular flexibility index (Phi) is 4.19. The molecule has 110 valence electrons. The van der Waals surface area contributed by atoms with Gasteiger partial charge in [0.05, 0.1) is 19.4 Å². The van der Waals surface area contributed by atoms with E-state index >= 15 is 0 Å². The molecule has 0 bridgehead atoms. The molecular weight excluding hydrogens is 295 g/mol. The number of anilines is 2. The van der Waals surface area contributed by atoms with Crippen molar-refractivity contribution in [2.75, 3.05) is 12.4 Å². The molecule has 0 saturated heterocycles. The maximum atomic E-state index is 14.0. The summed E-state index contributed by atoms with van der Waals surface area (Å²) in [5.41, 5.74) is -2.27. The van der Waals surface area contributed by atoms with Gasteiger partial charge in [0, 0.05) is 5.69 Å². The fourth-order valence-electron chi connectivity index (χ4n) is 1.79. The molecule has 7 heteroatoms. The Hall–Kier alpha value is -3.19. The Morgan fingerprint density at radius 1 is 1.14 bits per heavy atom. The summed E-state index contributed by atoms with van der Waals surface area (Å²) in [6, 6.07) is 7.50. The highest BCUT2D eigenvalue weighted by Gasteiger charge is 2.25. The van der Waals surface area contributed by atoms with Crippen molar-refractivity contribution in [2.45, 2.75) is 0 Å². The van der Waals surface area contributed by atoms with Crippen LogP contribution in [-0.2, 0) is 0 Å². The summed E-state index contributed by atoms with van der Waals surface area (Å²) in [4.78, 5) is 2.57. The molecule has 0 saturated carbocycles. The Morgan fingerprint density at radius 2 is 1.77 bits per heavy atom. The minimum absolute atomic E-state index is 0.297. The third kappa shape index (κ3) is 2.52. The summed E-state index contributed by atoms with van der Waals surface area (Å²) in [7, 11) is 1.46. The second kappa shape index (κ2) is 6.06. The van der Waals surface area contributed by atoms with E-state index in [-0.39, 0.29) is 0 Å². The highest BCUT2D eigenvalue weighted by molar-refractivity contribution is 5.72. The van der Waals surface area contributed by atoms with Crippen LogP contribution in [0.3, 0.4) is 0 Å². The van der Waals surface area contributed by atoms with Gasteiger partial charge in [-0.3, -0.25) is 0 Å². The van der Waals surface area contributed by atoms with Crippen molar-refractivity contribution < 1.29 is 17.9 Å². The lowest BCUT2D eigenvalue weighted by Gasteiger charge is -2.12. The highest BCUT2D eigenvalue weighted by Crippen LogP contribution is 2.35. The van der Waals surface area contributed by atoms with Crippen LogP contribution in [0.15, 0.2) is 24.3 Å². The molecule has 0 atom stereocenters. The molecule has 0 amide bonds. The minimum Gasteiger partial charge on any atom is -0.497 e. The molecule has 1 N–H and O–H groups in total. The van der Waals surface area contributed by atoms with Gasteiger partial charge >= 0.3 is 0 Å². The van der Waals surface area contributed by atoms with E-state index in [0.29, 0.717) is 11.4 Å². The van der Waals surface area contributed by atoms with Crippen molar-refractivity contribution in [2.24, 2.45) is 0 Å². The molecule has 0 aromatic heterocycles. The van der Waals surface area contributed by atoms with Gasteiger partial charge in [0.15, 0.2) is 17.5 Å². The van der Waals surface area contributed by atoms with Crippen molar-refractivity contribution in [3.8, 4) is 11.8 Å². The van der Waals surface area contributed by atoms with E-state index in [2.05, 4.69) is 10.2 Å². The maximum Gasteiger partial charge on any atom is 0.261 e. The average molecular weight is 303 g/mol. The van der Waals surface area contributed by atoms with Gasteiger partial charge in [-0.15, -0.1) is 0 Å². The smallest absolute Gasteiger partial charge is 0.261 e. The largest absolute Gasteiger partial charge is 0.497 e. The number of ether oxygens (including phenoxy) is 1. The zero-order valence-corrected chi connectivity index (χ0v) is 11.2. The van der Waals surface area contributed by atoms with Gasteiger partial charge in [-0.25, -0.2) is 18.0 Å². The van der Waals surface area contributed by atoms with Crippen LogP contribution in [0.4, 0.5) is 30.2 Å². The number of nitrogens with one attached hydrogen (secondary N) is 1. The van der Waals surface area contributed by atoms with Gasteiger partial charge < -0.3 is 10.1 Å². The van der Waals surface area contributed by atoms with Crippen LogP contribution in [0.25, 0.3) is 4.85 Å². The Balaban J connectivity index is 2.55. The molecule has 0 unspecified atom stereocenters. The maximum absolute atomic E-state index is 14.0. The van der Waals surface area contributed by atoms with E-state index in [1.165, 1.54) is 25.3 Å². The summed E-state index contributed by atoms with van der Waals surface area (Å²) in [6.07, 6.45) is 0. The lowest BCUT2D eigenvalue weighted by molar-refractivity contribution is 0.415. The molecule has 4 nitrogen and oxygen atoms in total. The summed E-state index contributed by atoms with van der Waals surface area (Å²) in [5, 5.41) is 11.4. The summed E-state index contributed by atoms with van der Waals surface area (Å²) in [5.74, 6) is -3.98. The zero-order valence-electron chi connectivity index (χ0n) is 11.2. The van der Waals surface area contributed by atoms with E-state index in [1.807, 2.05) is 0 Å². The fraction of sp³-hybridized carbons (Fsp3) is 0.0667. The third-order valence-electron chi connectivity index (χ3n) is 2.88. The number of nitrogens with zero attached hydrogens (tertiary/aromatic N) is 2. The first kappa shape index (κ1) is 15.2. The quantitative estimate of drug-likeness (QED) is 0.680. The topological polar surface area (TPSA) is 49.4 Å². The molecule has 0 fully saturated rings. The average Bonchev–Trinajstić information content (AvgIpc) is 2.54. The highest BCUT2D eigenvalue weighted by atomic mass is 19.2. The minimum atomic E-state index is -1.64. The third-order valence-corrected chi connectivity index (χ3v) is 2.88. The van der Waals surface area contributed by atoms with Crippen LogP contribution < -0.4 is 10.1 Å². The van der Waals surface area contributed by atoms with Gasteiger partial charge in [0.2, 0.25) is 0 Å². The van der Waals surface area contributed by atoms with Crippen molar-refractivity contribution in [3.05, 3.63) is 58.7 Å². The van der Waals surface area contributed by atoms with E-state index < -0.39 is 34.4 Å². The number of halogens is 3. The van der Waals surface area contributed by atoms with Crippen LogP contribution in [0.2, 0.25) is 0 Å². The second-order valence-electron chi connectivity index (χ2n) is 4.12. The predicted molar refractivity (Wildman–Crippen MR) is 73.6 cm³/mol. The normalized spacial score (nSPS) is 9.73. The second-order valence-corrected chi connectivity index (χ2v) is 4.12. The zero-order chi connectivity index (χ0) is 16.3. The molecule has 0 radical (unpaired) electrons. The van der Waals surface area contributed by atoms with Crippen LogP contribution >= 0.6 is 0 Å². The lowest BCUT2D eigenvalue weighted by atomic mass is 10.1. The molecular formula is C15H8F3N3O.